The van der Waals surface area contributed by atoms with Crippen LogP contribution < -0.4 is 4.90 Å². The smallest absolute Gasteiger partial charge is 0.230 e. The van der Waals surface area contributed by atoms with Crippen molar-refractivity contribution in [3.63, 3.8) is 0 Å². The maximum atomic E-state index is 13.0. The predicted octanol–water partition coefficient (Wildman–Crippen LogP) is 3.47. The van der Waals surface area contributed by atoms with Gasteiger partial charge in [-0.05, 0) is 44.2 Å². The van der Waals surface area contributed by atoms with Crippen LogP contribution in [0.2, 0.25) is 0 Å². The van der Waals surface area contributed by atoms with Gasteiger partial charge in [0.2, 0.25) is 11.8 Å². The number of para-hydroxylation sites is 1. The van der Waals surface area contributed by atoms with Gasteiger partial charge in [0.1, 0.15) is 0 Å². The highest BCUT2D eigenvalue weighted by Gasteiger charge is 2.36. The van der Waals surface area contributed by atoms with Gasteiger partial charge >= 0.3 is 0 Å². The number of likely N-dealkylation sites (tertiary alicyclic amines) is 1. The molecule has 2 amide bonds. The fourth-order valence-electron chi connectivity index (χ4n) is 3.45. The molecule has 1 heterocycles. The van der Waals surface area contributed by atoms with Crippen molar-refractivity contribution in [2.24, 2.45) is 11.8 Å². The second-order valence-corrected chi connectivity index (χ2v) is 7.05. The Morgan fingerprint density at radius 3 is 2.29 bits per heavy atom. The number of carbonyl (C=O) groups is 2. The Morgan fingerprint density at radius 1 is 1.04 bits per heavy atom. The van der Waals surface area contributed by atoms with E-state index < -0.39 is 0 Å². The number of nitrogens with zero attached hydrogens (tertiary/aromatic N) is 2. The molecule has 3 rings (SSSR count). The number of hydrogen-bond acceptors (Lipinski definition) is 2. The summed E-state index contributed by atoms with van der Waals surface area (Å²) < 4.78 is 0. The fourth-order valence-corrected chi connectivity index (χ4v) is 3.45. The van der Waals surface area contributed by atoms with Gasteiger partial charge < -0.3 is 9.80 Å². The monoisotopic (exact) mass is 328 g/mol. The van der Waals surface area contributed by atoms with Gasteiger partial charge in [-0.1, -0.05) is 31.5 Å². The quantitative estimate of drug-likeness (QED) is 0.802. The van der Waals surface area contributed by atoms with Crippen molar-refractivity contribution in [2.45, 2.75) is 45.4 Å². The number of piperidine rings is 1. The van der Waals surface area contributed by atoms with Crippen LogP contribution in [0.3, 0.4) is 0 Å². The number of amides is 2. The average Bonchev–Trinajstić information content (AvgIpc) is 3.47. The minimum absolute atomic E-state index is 0.0466. The summed E-state index contributed by atoms with van der Waals surface area (Å²) in [5.74, 6) is 0.868. The third kappa shape index (κ3) is 3.97. The third-order valence-electron chi connectivity index (χ3n) is 5.15. The summed E-state index contributed by atoms with van der Waals surface area (Å²) >= 11 is 0. The van der Waals surface area contributed by atoms with Crippen molar-refractivity contribution in [1.82, 2.24) is 4.90 Å². The van der Waals surface area contributed by atoms with Crippen LogP contribution in [0.4, 0.5) is 5.69 Å². The molecule has 0 aromatic heterocycles. The van der Waals surface area contributed by atoms with Crippen molar-refractivity contribution < 1.29 is 9.59 Å². The summed E-state index contributed by atoms with van der Waals surface area (Å²) in [5.41, 5.74) is 0.993. The fraction of sp³-hybridized carbons (Fsp3) is 0.600. The van der Waals surface area contributed by atoms with E-state index in [1.54, 1.807) is 0 Å². The van der Waals surface area contributed by atoms with E-state index in [1.807, 2.05) is 40.1 Å². The summed E-state index contributed by atoms with van der Waals surface area (Å²) in [6, 6.07) is 9.98. The van der Waals surface area contributed by atoms with Gasteiger partial charge in [-0.3, -0.25) is 9.59 Å². The van der Waals surface area contributed by atoms with Crippen molar-refractivity contribution in [1.29, 1.82) is 0 Å². The van der Waals surface area contributed by atoms with Crippen LogP contribution in [-0.2, 0) is 9.59 Å². The molecule has 1 saturated carbocycles. The first-order valence-electron chi connectivity index (χ1n) is 9.36. The number of hydrogen-bond donors (Lipinski definition) is 0. The number of anilines is 1. The molecule has 0 N–H and O–H groups in total. The van der Waals surface area contributed by atoms with Crippen LogP contribution in [0.5, 0.6) is 0 Å². The molecule has 0 unspecified atom stereocenters. The predicted molar refractivity (Wildman–Crippen MR) is 95.7 cm³/mol. The van der Waals surface area contributed by atoms with E-state index in [2.05, 4.69) is 6.92 Å². The molecule has 1 aliphatic heterocycles. The van der Waals surface area contributed by atoms with E-state index in [0.29, 0.717) is 5.91 Å². The summed E-state index contributed by atoms with van der Waals surface area (Å²) in [7, 11) is 0. The molecule has 2 fully saturated rings. The molecule has 4 heteroatoms. The standard InChI is InChI=1S/C20H28N2O2/c1-2-3-13-22(18-7-5-4-6-8-18)20(24)17-11-14-21(15-12-17)19(23)16-9-10-16/h4-8,16-17H,2-3,9-15H2,1H3. The molecule has 1 saturated heterocycles. The maximum absolute atomic E-state index is 13.0. The normalized spacial score (nSPS) is 18.5. The molecule has 1 aromatic rings. The van der Waals surface area contributed by atoms with Crippen LogP contribution >= 0.6 is 0 Å². The Labute approximate surface area is 144 Å². The van der Waals surface area contributed by atoms with Crippen LogP contribution in [0.1, 0.15) is 45.4 Å². The highest BCUT2D eigenvalue weighted by atomic mass is 16.2. The van der Waals surface area contributed by atoms with Gasteiger partial charge in [-0.2, -0.15) is 0 Å². The lowest BCUT2D eigenvalue weighted by atomic mass is 9.94. The van der Waals surface area contributed by atoms with Gasteiger partial charge in [0, 0.05) is 37.2 Å². The molecule has 24 heavy (non-hydrogen) atoms. The first-order valence-corrected chi connectivity index (χ1v) is 9.36. The number of rotatable bonds is 6. The van der Waals surface area contributed by atoms with E-state index in [0.717, 1.165) is 63.8 Å². The Balaban J connectivity index is 1.61. The summed E-state index contributed by atoms with van der Waals surface area (Å²) in [6.07, 6.45) is 5.79. The Hall–Kier alpha value is -1.84. The lowest BCUT2D eigenvalue weighted by Gasteiger charge is -2.34. The summed E-state index contributed by atoms with van der Waals surface area (Å²) in [4.78, 5) is 29.1. The third-order valence-corrected chi connectivity index (χ3v) is 5.15. The van der Waals surface area contributed by atoms with Crippen molar-refractivity contribution >= 4 is 17.5 Å². The van der Waals surface area contributed by atoms with Crippen molar-refractivity contribution in [2.75, 3.05) is 24.5 Å². The van der Waals surface area contributed by atoms with Crippen LogP contribution in [0.15, 0.2) is 30.3 Å². The number of carbonyl (C=O) groups excluding carboxylic acids is 2. The van der Waals surface area contributed by atoms with E-state index in [-0.39, 0.29) is 17.7 Å². The summed E-state index contributed by atoms with van der Waals surface area (Å²) in [5, 5.41) is 0. The molecular weight excluding hydrogens is 300 g/mol. The first kappa shape index (κ1) is 17.0. The zero-order valence-corrected chi connectivity index (χ0v) is 14.6. The van der Waals surface area contributed by atoms with Crippen molar-refractivity contribution in [3.8, 4) is 0 Å². The van der Waals surface area contributed by atoms with Crippen LogP contribution in [0, 0.1) is 11.8 Å². The minimum atomic E-state index is 0.0466. The zero-order chi connectivity index (χ0) is 16.9. The van der Waals surface area contributed by atoms with Gasteiger partial charge in [-0.25, -0.2) is 0 Å². The van der Waals surface area contributed by atoms with Gasteiger partial charge in [0.25, 0.3) is 0 Å². The Bertz CT molecular complexity index is 560. The largest absolute Gasteiger partial charge is 0.342 e. The molecule has 1 aromatic carbocycles. The van der Waals surface area contributed by atoms with Crippen LogP contribution in [0.25, 0.3) is 0 Å². The highest BCUT2D eigenvalue weighted by molar-refractivity contribution is 5.95. The average molecular weight is 328 g/mol. The lowest BCUT2D eigenvalue weighted by molar-refractivity contribution is -0.136. The SMILES string of the molecule is CCCCN(C(=O)C1CCN(C(=O)C2CC2)CC1)c1ccccc1. The molecule has 1 aliphatic carbocycles. The van der Waals surface area contributed by atoms with E-state index in [1.165, 1.54) is 0 Å². The van der Waals surface area contributed by atoms with E-state index in [9.17, 15) is 9.59 Å². The molecule has 130 valence electrons. The molecule has 0 radical (unpaired) electrons. The minimum Gasteiger partial charge on any atom is -0.342 e. The van der Waals surface area contributed by atoms with Gasteiger partial charge in [0.15, 0.2) is 0 Å². The number of benzene rings is 1. The molecule has 0 atom stereocenters. The van der Waals surface area contributed by atoms with Gasteiger partial charge in [0.05, 0.1) is 0 Å². The van der Waals surface area contributed by atoms with E-state index >= 15 is 0 Å². The molecular formula is C20H28N2O2. The van der Waals surface area contributed by atoms with E-state index in [4.69, 9.17) is 0 Å². The lowest BCUT2D eigenvalue weighted by Crippen LogP contribution is -2.45. The number of unbranched alkanes of at least 4 members (excludes halogenated alkanes) is 1. The molecule has 0 bridgehead atoms. The molecule has 4 nitrogen and oxygen atoms in total. The first-order chi connectivity index (χ1) is 11.7. The second-order valence-electron chi connectivity index (χ2n) is 7.05. The Kier molecular flexibility index (Phi) is 5.54. The Morgan fingerprint density at radius 2 is 1.71 bits per heavy atom. The van der Waals surface area contributed by atoms with Gasteiger partial charge in [-0.15, -0.1) is 0 Å². The van der Waals surface area contributed by atoms with Crippen molar-refractivity contribution in [3.05, 3.63) is 30.3 Å². The maximum Gasteiger partial charge on any atom is 0.230 e. The summed E-state index contributed by atoms with van der Waals surface area (Å²) in [6.45, 7) is 4.40. The van der Waals surface area contributed by atoms with Crippen LogP contribution in [-0.4, -0.2) is 36.3 Å². The second kappa shape index (κ2) is 7.82. The molecule has 0 spiro atoms. The zero-order valence-electron chi connectivity index (χ0n) is 14.6. The topological polar surface area (TPSA) is 40.6 Å². The molecule has 2 aliphatic rings. The highest BCUT2D eigenvalue weighted by Crippen LogP contribution is 2.33.